The number of hydrogen-bond acceptors (Lipinski definition) is 3. The van der Waals surface area contributed by atoms with Crippen molar-refractivity contribution in [2.75, 3.05) is 20.3 Å². The second-order valence-corrected chi connectivity index (χ2v) is 3.83. The van der Waals surface area contributed by atoms with Gasteiger partial charge >= 0.3 is 0 Å². The van der Waals surface area contributed by atoms with Crippen LogP contribution in [-0.4, -0.2) is 37.1 Å². The summed E-state index contributed by atoms with van der Waals surface area (Å²) in [5.41, 5.74) is -0.453. The number of methoxy groups -OCH3 is 1. The second kappa shape index (κ2) is 4.94. The Labute approximate surface area is 80.0 Å². The lowest BCUT2D eigenvalue weighted by molar-refractivity contribution is -0.147. The molecule has 3 heteroatoms. The fourth-order valence-corrected chi connectivity index (χ4v) is 1.86. The highest BCUT2D eigenvalue weighted by Gasteiger charge is 2.37. The van der Waals surface area contributed by atoms with E-state index >= 15 is 0 Å². The molecule has 0 aliphatic carbocycles. The topological polar surface area (TPSA) is 38.7 Å². The molecule has 1 heterocycles. The minimum Gasteiger partial charge on any atom is -0.390 e. The molecule has 3 nitrogen and oxygen atoms in total. The summed E-state index contributed by atoms with van der Waals surface area (Å²) in [5, 5.41) is 9.68. The predicted molar refractivity (Wildman–Crippen MR) is 50.7 cm³/mol. The van der Waals surface area contributed by atoms with Gasteiger partial charge in [-0.15, -0.1) is 0 Å². The van der Waals surface area contributed by atoms with E-state index in [-0.39, 0.29) is 0 Å². The molecule has 13 heavy (non-hydrogen) atoms. The fraction of sp³-hybridized carbons (Fsp3) is 1.00. The van der Waals surface area contributed by atoms with Crippen molar-refractivity contribution in [2.45, 2.75) is 44.3 Å². The Hall–Kier alpha value is -0.120. The average Bonchev–Trinajstić information content (AvgIpc) is 2.31. The van der Waals surface area contributed by atoms with Gasteiger partial charge in [-0.3, -0.25) is 0 Å². The van der Waals surface area contributed by atoms with Gasteiger partial charge in [-0.25, -0.2) is 0 Å². The highest BCUT2D eigenvalue weighted by Crippen LogP contribution is 2.27. The molecule has 1 rings (SSSR count). The van der Waals surface area contributed by atoms with Gasteiger partial charge in [0.05, 0.1) is 12.7 Å². The van der Waals surface area contributed by atoms with E-state index in [0.29, 0.717) is 6.61 Å². The van der Waals surface area contributed by atoms with Gasteiger partial charge in [-0.05, 0) is 19.8 Å². The van der Waals surface area contributed by atoms with E-state index in [0.717, 1.165) is 25.9 Å². The van der Waals surface area contributed by atoms with Crippen LogP contribution >= 0.6 is 0 Å². The summed E-state index contributed by atoms with van der Waals surface area (Å²) in [4.78, 5) is 0. The van der Waals surface area contributed by atoms with Crippen molar-refractivity contribution in [3.63, 3.8) is 0 Å². The van der Waals surface area contributed by atoms with Crippen molar-refractivity contribution in [3.8, 4) is 0 Å². The standard InChI is InChI=1S/C10H20O3/c1-9(11)10(8-12-2)6-4-3-5-7-13-10/h9,11H,3-8H2,1-2H3/t9-,10+/m1/s1. The van der Waals surface area contributed by atoms with Crippen molar-refractivity contribution in [1.29, 1.82) is 0 Å². The van der Waals surface area contributed by atoms with Crippen LogP contribution in [-0.2, 0) is 9.47 Å². The van der Waals surface area contributed by atoms with Crippen molar-refractivity contribution in [2.24, 2.45) is 0 Å². The van der Waals surface area contributed by atoms with Gasteiger partial charge in [0, 0.05) is 13.7 Å². The molecule has 1 aliphatic rings. The van der Waals surface area contributed by atoms with Crippen LogP contribution in [0.25, 0.3) is 0 Å². The second-order valence-electron chi connectivity index (χ2n) is 3.83. The van der Waals surface area contributed by atoms with Crippen molar-refractivity contribution >= 4 is 0 Å². The maximum Gasteiger partial charge on any atom is 0.117 e. The lowest BCUT2D eigenvalue weighted by atomic mass is 9.92. The van der Waals surface area contributed by atoms with E-state index in [1.807, 2.05) is 0 Å². The largest absolute Gasteiger partial charge is 0.390 e. The third-order valence-electron chi connectivity index (χ3n) is 2.78. The summed E-state index contributed by atoms with van der Waals surface area (Å²) >= 11 is 0. The first-order chi connectivity index (χ1) is 6.21. The maximum absolute atomic E-state index is 9.68. The summed E-state index contributed by atoms with van der Waals surface area (Å²) < 4.78 is 10.8. The van der Waals surface area contributed by atoms with Gasteiger partial charge in [0.1, 0.15) is 5.60 Å². The Morgan fingerprint density at radius 3 is 2.85 bits per heavy atom. The lowest BCUT2D eigenvalue weighted by Crippen LogP contribution is -2.47. The molecule has 78 valence electrons. The molecule has 1 aliphatic heterocycles. The smallest absolute Gasteiger partial charge is 0.117 e. The van der Waals surface area contributed by atoms with E-state index in [9.17, 15) is 5.11 Å². The van der Waals surface area contributed by atoms with Crippen LogP contribution in [0, 0.1) is 0 Å². The molecule has 0 radical (unpaired) electrons. The van der Waals surface area contributed by atoms with Gasteiger partial charge < -0.3 is 14.6 Å². The molecule has 0 unspecified atom stereocenters. The molecule has 1 N–H and O–H groups in total. The molecular formula is C10H20O3. The summed E-state index contributed by atoms with van der Waals surface area (Å²) in [6, 6.07) is 0. The number of ether oxygens (including phenoxy) is 2. The molecule has 0 aromatic heterocycles. The molecule has 0 aromatic rings. The zero-order valence-corrected chi connectivity index (χ0v) is 8.58. The Morgan fingerprint density at radius 1 is 1.46 bits per heavy atom. The van der Waals surface area contributed by atoms with E-state index in [4.69, 9.17) is 9.47 Å². The monoisotopic (exact) mass is 188 g/mol. The number of hydrogen-bond donors (Lipinski definition) is 1. The summed E-state index contributed by atoms with van der Waals surface area (Å²) in [5.74, 6) is 0. The maximum atomic E-state index is 9.68. The van der Waals surface area contributed by atoms with Crippen LogP contribution in [0.15, 0.2) is 0 Å². The Kier molecular flexibility index (Phi) is 4.16. The third kappa shape index (κ3) is 2.66. The summed E-state index contributed by atoms with van der Waals surface area (Å²) in [7, 11) is 1.65. The van der Waals surface area contributed by atoms with Gasteiger partial charge in [0.25, 0.3) is 0 Å². The molecule has 0 bridgehead atoms. The van der Waals surface area contributed by atoms with E-state index in [1.165, 1.54) is 6.42 Å². The highest BCUT2D eigenvalue weighted by atomic mass is 16.5. The zero-order valence-electron chi connectivity index (χ0n) is 8.58. The summed E-state index contributed by atoms with van der Waals surface area (Å²) in [6.45, 7) is 3.02. The number of aliphatic hydroxyl groups excluding tert-OH is 1. The van der Waals surface area contributed by atoms with Crippen molar-refractivity contribution in [3.05, 3.63) is 0 Å². The van der Waals surface area contributed by atoms with Gasteiger partial charge in [0.15, 0.2) is 0 Å². The molecular weight excluding hydrogens is 168 g/mol. The first-order valence-corrected chi connectivity index (χ1v) is 5.02. The summed E-state index contributed by atoms with van der Waals surface area (Å²) in [6.07, 6.45) is 3.86. The van der Waals surface area contributed by atoms with Crippen LogP contribution in [0.3, 0.4) is 0 Å². The van der Waals surface area contributed by atoms with Crippen LogP contribution in [0.4, 0.5) is 0 Å². The fourth-order valence-electron chi connectivity index (χ4n) is 1.86. The molecule has 0 amide bonds. The van der Waals surface area contributed by atoms with Crippen molar-refractivity contribution in [1.82, 2.24) is 0 Å². The highest BCUT2D eigenvalue weighted by molar-refractivity contribution is 4.87. The predicted octanol–water partition coefficient (Wildman–Crippen LogP) is 1.34. The van der Waals surface area contributed by atoms with Crippen LogP contribution in [0.1, 0.15) is 32.6 Å². The van der Waals surface area contributed by atoms with E-state index < -0.39 is 11.7 Å². The average molecular weight is 188 g/mol. The number of rotatable bonds is 3. The Bertz CT molecular complexity index is 137. The zero-order chi connectivity index (χ0) is 9.73. The minimum atomic E-state index is -0.453. The molecule has 1 saturated heterocycles. The lowest BCUT2D eigenvalue weighted by Gasteiger charge is -2.34. The molecule has 0 spiro atoms. The van der Waals surface area contributed by atoms with E-state index in [2.05, 4.69) is 0 Å². The molecule has 2 atom stereocenters. The first kappa shape index (κ1) is 11.0. The first-order valence-electron chi connectivity index (χ1n) is 5.02. The van der Waals surface area contributed by atoms with Crippen LogP contribution < -0.4 is 0 Å². The third-order valence-corrected chi connectivity index (χ3v) is 2.78. The minimum absolute atomic E-state index is 0.453. The quantitative estimate of drug-likeness (QED) is 0.726. The van der Waals surface area contributed by atoms with Gasteiger partial charge in [-0.2, -0.15) is 0 Å². The molecule has 0 aromatic carbocycles. The van der Waals surface area contributed by atoms with Crippen molar-refractivity contribution < 1.29 is 14.6 Å². The van der Waals surface area contributed by atoms with Crippen LogP contribution in [0.2, 0.25) is 0 Å². The Balaban J connectivity index is 2.62. The number of aliphatic hydroxyl groups is 1. The normalized spacial score (nSPS) is 32.5. The van der Waals surface area contributed by atoms with E-state index in [1.54, 1.807) is 14.0 Å². The molecule has 1 fully saturated rings. The van der Waals surface area contributed by atoms with Crippen LogP contribution in [0.5, 0.6) is 0 Å². The molecule has 0 saturated carbocycles. The SMILES string of the molecule is COC[C@]1([C@@H](C)O)CCCCCO1. The van der Waals surface area contributed by atoms with Gasteiger partial charge in [-0.1, -0.05) is 12.8 Å². The Morgan fingerprint density at radius 2 is 2.23 bits per heavy atom. The van der Waals surface area contributed by atoms with Gasteiger partial charge in [0.2, 0.25) is 0 Å².